The molecule has 8 rings (SSSR count). The van der Waals surface area contributed by atoms with Gasteiger partial charge in [0.2, 0.25) is 0 Å². The molecule has 0 fully saturated rings. The fraction of sp³-hybridized carbons (Fsp3) is 0.204. The van der Waals surface area contributed by atoms with Gasteiger partial charge in [0.25, 0.3) is 0 Å². The van der Waals surface area contributed by atoms with Crippen LogP contribution in [0.2, 0.25) is 0 Å². The normalized spacial score (nSPS) is 15.0. The topological polar surface area (TPSA) is 0 Å². The van der Waals surface area contributed by atoms with E-state index in [1.165, 1.54) is 55.6 Å². The van der Waals surface area contributed by atoms with E-state index < -0.39 is 21.3 Å². The number of rotatable bonds is 5. The molecule has 246 valence electrons. The number of allylic oxidation sites excluding steroid dienone is 1. The average Bonchev–Trinajstić information content (AvgIpc) is 3.70. The molecule has 0 amide bonds. The van der Waals surface area contributed by atoms with Crippen molar-refractivity contribution in [3.63, 3.8) is 0 Å². The summed E-state index contributed by atoms with van der Waals surface area (Å²) in [6.07, 6.45) is 5.07. The Morgan fingerprint density at radius 1 is 0.480 bits per heavy atom. The minimum atomic E-state index is -2.96. The standard InChI is InChI=1S/C21H25.C15H11.C13H10.Zr/c1-20(2,3)16-7-9-18-14(12-16)11-15-13-17(21(4,5)6)8-10-19(15)18;1-2-6-12(7-3-1)14-10-4-8-13-9-5-11-15(13)14;1-3-7-12(8-4-1)11-13-9-5-2-6-10-13;/h7-13H,1-6H3;1-11H;1-10H;. The van der Waals surface area contributed by atoms with Crippen LogP contribution in [0.5, 0.6) is 0 Å². The van der Waals surface area contributed by atoms with Crippen molar-refractivity contribution in [3.05, 3.63) is 196 Å². The molecule has 1 heteroatoms. The summed E-state index contributed by atoms with van der Waals surface area (Å²) in [5, 5.41) is 0. The fourth-order valence-electron chi connectivity index (χ4n) is 8.20. The molecule has 0 aliphatic heterocycles. The summed E-state index contributed by atoms with van der Waals surface area (Å²) in [5.74, 6) is 0. The maximum absolute atomic E-state index is 2.96. The van der Waals surface area contributed by atoms with Gasteiger partial charge in [-0.2, -0.15) is 0 Å². The molecule has 0 saturated carbocycles. The predicted molar refractivity (Wildman–Crippen MR) is 211 cm³/mol. The molecule has 0 N–H and O–H groups in total. The van der Waals surface area contributed by atoms with Crippen LogP contribution in [-0.4, -0.2) is 3.21 Å². The molecule has 0 radical (unpaired) electrons. The first kappa shape index (κ1) is 33.0. The SMILES string of the molecule is CC(C)(C)c1ccc2c(c1)[CH]([Zr](=[C](c1ccccc1)c1ccccc1)[CH]1C=Cc3c(-c4ccccc4)cccc31)c1cc(C(C)(C)C)ccc1-2. The van der Waals surface area contributed by atoms with E-state index in [0.29, 0.717) is 7.25 Å². The number of benzene rings is 6. The van der Waals surface area contributed by atoms with Crippen molar-refractivity contribution in [1.29, 1.82) is 0 Å². The van der Waals surface area contributed by atoms with E-state index >= 15 is 0 Å². The van der Waals surface area contributed by atoms with Crippen molar-refractivity contribution in [1.82, 2.24) is 0 Å². The molecule has 0 bridgehead atoms. The first-order valence-corrected chi connectivity index (χ1v) is 22.2. The van der Waals surface area contributed by atoms with Crippen LogP contribution in [0.25, 0.3) is 28.3 Å². The van der Waals surface area contributed by atoms with Crippen molar-refractivity contribution >= 4 is 9.28 Å². The Labute approximate surface area is 306 Å². The molecular formula is C49H46Zr. The van der Waals surface area contributed by atoms with Crippen molar-refractivity contribution in [2.24, 2.45) is 0 Å². The van der Waals surface area contributed by atoms with Gasteiger partial charge >= 0.3 is 309 Å². The quantitative estimate of drug-likeness (QED) is 0.166. The van der Waals surface area contributed by atoms with Gasteiger partial charge in [0.15, 0.2) is 0 Å². The minimum absolute atomic E-state index is 0.0598. The molecule has 2 aliphatic rings. The number of hydrogen-bond donors (Lipinski definition) is 0. The van der Waals surface area contributed by atoms with Crippen molar-refractivity contribution in [3.8, 4) is 22.3 Å². The van der Waals surface area contributed by atoms with Crippen LogP contribution in [0, 0.1) is 0 Å². The summed E-state index contributed by atoms with van der Waals surface area (Å²) in [7, 11) is 0. The Morgan fingerprint density at radius 3 is 1.48 bits per heavy atom. The second-order valence-corrected chi connectivity index (χ2v) is 22.5. The molecule has 2 aliphatic carbocycles. The first-order valence-electron chi connectivity index (χ1n) is 18.1. The second-order valence-electron chi connectivity index (χ2n) is 16.1. The van der Waals surface area contributed by atoms with Crippen LogP contribution in [0.4, 0.5) is 0 Å². The molecule has 50 heavy (non-hydrogen) atoms. The molecule has 0 nitrogen and oxygen atoms in total. The van der Waals surface area contributed by atoms with Gasteiger partial charge in [-0.1, -0.05) is 0 Å². The van der Waals surface area contributed by atoms with Crippen molar-refractivity contribution < 1.29 is 21.3 Å². The van der Waals surface area contributed by atoms with Crippen LogP contribution in [-0.2, 0) is 32.1 Å². The molecule has 1 atom stereocenters. The Hall–Kier alpha value is -4.19. The number of fused-ring (bicyclic) bond motifs is 4. The monoisotopic (exact) mass is 724 g/mol. The average molecular weight is 726 g/mol. The molecule has 6 aromatic carbocycles. The van der Waals surface area contributed by atoms with Gasteiger partial charge in [-0.3, -0.25) is 0 Å². The summed E-state index contributed by atoms with van der Waals surface area (Å²) >= 11 is -2.96. The van der Waals surface area contributed by atoms with Gasteiger partial charge in [-0.15, -0.1) is 0 Å². The number of hydrogen-bond acceptors (Lipinski definition) is 0. The van der Waals surface area contributed by atoms with Gasteiger partial charge in [-0.05, 0) is 0 Å². The van der Waals surface area contributed by atoms with Crippen molar-refractivity contribution in [2.45, 2.75) is 59.6 Å². The van der Waals surface area contributed by atoms with Crippen molar-refractivity contribution in [2.75, 3.05) is 0 Å². The molecule has 0 saturated heterocycles. The summed E-state index contributed by atoms with van der Waals surface area (Å²) in [4.78, 5) is 0. The Kier molecular flexibility index (Phi) is 8.48. The Bertz CT molecular complexity index is 2150. The second kappa shape index (κ2) is 12.9. The summed E-state index contributed by atoms with van der Waals surface area (Å²) in [6, 6.07) is 55.6. The van der Waals surface area contributed by atoms with Gasteiger partial charge in [0, 0.05) is 0 Å². The zero-order valence-corrected chi connectivity index (χ0v) is 32.6. The summed E-state index contributed by atoms with van der Waals surface area (Å²) in [5.41, 5.74) is 17.2. The Morgan fingerprint density at radius 2 is 0.980 bits per heavy atom. The summed E-state index contributed by atoms with van der Waals surface area (Å²) in [6.45, 7) is 14.1. The first-order chi connectivity index (χ1) is 24.1. The van der Waals surface area contributed by atoms with E-state index in [9.17, 15) is 0 Å². The maximum atomic E-state index is 2.61. The molecule has 0 spiro atoms. The van der Waals surface area contributed by atoms with Crippen LogP contribution in [0.15, 0.2) is 152 Å². The molecule has 1 unspecified atom stereocenters. The third-order valence-electron chi connectivity index (χ3n) is 10.8. The fourth-order valence-corrected chi connectivity index (χ4v) is 18.0. The van der Waals surface area contributed by atoms with Gasteiger partial charge in [0.1, 0.15) is 0 Å². The van der Waals surface area contributed by atoms with E-state index in [-0.39, 0.29) is 10.8 Å². The van der Waals surface area contributed by atoms with E-state index in [0.717, 1.165) is 0 Å². The Balaban J connectivity index is 1.49. The zero-order chi connectivity index (χ0) is 34.6. The van der Waals surface area contributed by atoms with Crippen LogP contribution >= 0.6 is 0 Å². The van der Waals surface area contributed by atoms with E-state index in [1.54, 1.807) is 14.3 Å². The van der Waals surface area contributed by atoms with Gasteiger partial charge < -0.3 is 0 Å². The van der Waals surface area contributed by atoms with E-state index in [2.05, 4.69) is 199 Å². The van der Waals surface area contributed by atoms with Crippen LogP contribution in [0.1, 0.15) is 93.3 Å². The molecular weight excluding hydrogens is 680 g/mol. The van der Waals surface area contributed by atoms with Crippen LogP contribution < -0.4 is 0 Å². The predicted octanol–water partition coefficient (Wildman–Crippen LogP) is 12.7. The van der Waals surface area contributed by atoms with Gasteiger partial charge in [0.05, 0.1) is 0 Å². The van der Waals surface area contributed by atoms with Gasteiger partial charge in [-0.25, -0.2) is 0 Å². The third kappa shape index (κ3) is 5.89. The molecule has 0 aromatic heterocycles. The third-order valence-corrected chi connectivity index (χ3v) is 19.6. The summed E-state index contributed by atoms with van der Waals surface area (Å²) < 4.78 is 2.32. The zero-order valence-electron chi connectivity index (χ0n) is 30.2. The van der Waals surface area contributed by atoms with E-state index in [4.69, 9.17) is 0 Å². The van der Waals surface area contributed by atoms with E-state index in [1.807, 2.05) is 0 Å². The van der Waals surface area contributed by atoms with Crippen LogP contribution in [0.3, 0.4) is 0 Å². The molecule has 6 aromatic rings. The molecule has 0 heterocycles.